The zero-order valence-electron chi connectivity index (χ0n) is 12.7. The molecule has 0 saturated carbocycles. The van der Waals surface area contributed by atoms with Gasteiger partial charge in [-0.2, -0.15) is 4.39 Å². The Morgan fingerprint density at radius 3 is 2.64 bits per heavy atom. The van der Waals surface area contributed by atoms with Gasteiger partial charge in [0.05, 0.1) is 19.2 Å². The molecule has 12 heteroatoms. The molecular weight excluding hydrogens is 347 g/mol. The van der Waals surface area contributed by atoms with E-state index in [2.05, 4.69) is 0 Å². The van der Waals surface area contributed by atoms with Gasteiger partial charge < -0.3 is 29.9 Å². The smallest absolute Gasteiger partial charge is 0.328 e. The molecule has 1 saturated heterocycles. The number of hydrogen-bond donors (Lipinski definition) is 5. The molecule has 0 aromatic carbocycles. The molecule has 0 spiro atoms. The summed E-state index contributed by atoms with van der Waals surface area (Å²) in [4.78, 5) is 35.8. The summed E-state index contributed by atoms with van der Waals surface area (Å²) in [6.07, 6.45) is -7.79. The molecule has 25 heavy (non-hydrogen) atoms. The van der Waals surface area contributed by atoms with Crippen LogP contribution in [0, 0.1) is 5.82 Å². The lowest BCUT2D eigenvalue weighted by molar-refractivity contribution is -0.290. The molecule has 2 heterocycles. The number of aliphatic hydroxyl groups excluding tert-OH is 4. The van der Waals surface area contributed by atoms with Crippen molar-refractivity contribution in [1.82, 2.24) is 9.55 Å². The number of carbonyl (C=O) groups is 1. The molecule has 0 aliphatic carbocycles. The molecule has 1 unspecified atom stereocenters. The number of aromatic amines is 1. The first-order valence-corrected chi connectivity index (χ1v) is 7.24. The first-order valence-electron chi connectivity index (χ1n) is 7.24. The van der Waals surface area contributed by atoms with Crippen molar-refractivity contribution in [3.8, 4) is 0 Å². The van der Waals surface area contributed by atoms with Crippen molar-refractivity contribution < 1.29 is 39.1 Å². The number of aryl methyl sites for hydroxylation is 1. The number of H-pyrrole nitrogens is 1. The first kappa shape index (κ1) is 19.2. The third-order valence-corrected chi connectivity index (χ3v) is 3.63. The van der Waals surface area contributed by atoms with Crippen molar-refractivity contribution in [2.24, 2.45) is 0 Å². The van der Waals surface area contributed by atoms with Crippen LogP contribution in [0.2, 0.25) is 0 Å². The van der Waals surface area contributed by atoms with E-state index in [0.29, 0.717) is 6.20 Å². The Kier molecular flexibility index (Phi) is 6.02. The average Bonchev–Trinajstić information content (AvgIpc) is 2.57. The number of rotatable bonds is 5. The van der Waals surface area contributed by atoms with E-state index in [4.69, 9.17) is 14.6 Å². The monoisotopic (exact) mass is 364 g/mol. The molecule has 0 bridgehead atoms. The fourth-order valence-electron chi connectivity index (χ4n) is 2.27. The molecule has 1 aromatic rings. The zero-order chi connectivity index (χ0) is 18.7. The van der Waals surface area contributed by atoms with Gasteiger partial charge in [0.15, 0.2) is 12.4 Å². The SMILES string of the molecule is O=C(CCn1cc(F)c(=O)[nH]c1=O)O[C@H]1C(O)O[C@H](CO)[C@H](O)[C@@H]1O. The number of halogens is 1. The standard InChI is InChI=1S/C13H17FN2O9/c14-5-3-16(13(23)15-11(5)21)2-1-7(18)25-10-9(20)8(19)6(4-17)24-12(10)22/h3,6,8-10,12,17,19-20,22H,1-2,4H2,(H,15,21,23)/t6-,8+,9+,10-,12?/m1/s1. The maximum atomic E-state index is 13.1. The Bertz CT molecular complexity index is 733. The number of esters is 1. The highest BCUT2D eigenvalue weighted by molar-refractivity contribution is 5.69. The van der Waals surface area contributed by atoms with Crippen LogP contribution in [0.1, 0.15) is 6.42 Å². The highest BCUT2D eigenvalue weighted by Crippen LogP contribution is 2.22. The number of aliphatic hydroxyl groups is 4. The van der Waals surface area contributed by atoms with Crippen molar-refractivity contribution in [2.45, 2.75) is 43.7 Å². The minimum absolute atomic E-state index is 0.340. The summed E-state index contributed by atoms with van der Waals surface area (Å²) >= 11 is 0. The Morgan fingerprint density at radius 1 is 1.32 bits per heavy atom. The molecule has 11 nitrogen and oxygen atoms in total. The van der Waals surface area contributed by atoms with Gasteiger partial charge in [-0.3, -0.25) is 19.1 Å². The van der Waals surface area contributed by atoms with Gasteiger partial charge in [0.2, 0.25) is 5.82 Å². The molecule has 2 rings (SSSR count). The Labute approximate surface area is 138 Å². The van der Waals surface area contributed by atoms with Crippen LogP contribution in [0.25, 0.3) is 0 Å². The normalized spacial score (nSPS) is 29.4. The lowest BCUT2D eigenvalue weighted by Crippen LogP contribution is -2.59. The minimum Gasteiger partial charge on any atom is -0.454 e. The second-order valence-corrected chi connectivity index (χ2v) is 5.36. The molecule has 1 fully saturated rings. The third kappa shape index (κ3) is 4.29. The van der Waals surface area contributed by atoms with Crippen molar-refractivity contribution in [3.63, 3.8) is 0 Å². The van der Waals surface area contributed by atoms with Crippen molar-refractivity contribution in [1.29, 1.82) is 0 Å². The van der Waals surface area contributed by atoms with E-state index in [1.165, 1.54) is 0 Å². The first-order chi connectivity index (χ1) is 11.7. The number of carbonyl (C=O) groups excluding carboxylic acids is 1. The Balaban J connectivity index is 1.97. The fourth-order valence-corrected chi connectivity index (χ4v) is 2.27. The van der Waals surface area contributed by atoms with E-state index in [1.807, 2.05) is 0 Å². The molecular formula is C13H17FN2O9. The summed E-state index contributed by atoms with van der Waals surface area (Å²) < 4.78 is 23.5. The summed E-state index contributed by atoms with van der Waals surface area (Å²) in [5.41, 5.74) is -2.12. The number of hydrogen-bond acceptors (Lipinski definition) is 9. The fraction of sp³-hybridized carbons (Fsp3) is 0.615. The van der Waals surface area contributed by atoms with Crippen LogP contribution in [-0.2, 0) is 20.8 Å². The van der Waals surface area contributed by atoms with Gasteiger partial charge in [-0.1, -0.05) is 0 Å². The highest BCUT2D eigenvalue weighted by Gasteiger charge is 2.45. The van der Waals surface area contributed by atoms with Gasteiger partial charge in [-0.25, -0.2) is 4.79 Å². The summed E-state index contributed by atoms with van der Waals surface area (Å²) in [5, 5.41) is 38.1. The second kappa shape index (κ2) is 7.84. The van der Waals surface area contributed by atoms with Gasteiger partial charge in [-0.15, -0.1) is 0 Å². The summed E-state index contributed by atoms with van der Waals surface area (Å²) in [6.45, 7) is -1.01. The quantitative estimate of drug-likeness (QED) is 0.331. The van der Waals surface area contributed by atoms with Gasteiger partial charge in [0.1, 0.15) is 18.3 Å². The topological polar surface area (TPSA) is 171 Å². The third-order valence-electron chi connectivity index (χ3n) is 3.63. The maximum Gasteiger partial charge on any atom is 0.328 e. The van der Waals surface area contributed by atoms with E-state index in [9.17, 15) is 34.1 Å². The summed E-state index contributed by atoms with van der Waals surface area (Å²) in [5.74, 6) is -2.20. The number of ether oxygens (including phenoxy) is 2. The van der Waals surface area contributed by atoms with Crippen molar-refractivity contribution in [2.75, 3.05) is 6.61 Å². The molecule has 0 radical (unpaired) electrons. The van der Waals surface area contributed by atoms with E-state index >= 15 is 0 Å². The molecule has 5 atom stereocenters. The van der Waals surface area contributed by atoms with Crippen LogP contribution in [0.4, 0.5) is 4.39 Å². The van der Waals surface area contributed by atoms with Crippen LogP contribution >= 0.6 is 0 Å². The Hall–Kier alpha value is -2.12. The molecule has 140 valence electrons. The van der Waals surface area contributed by atoms with E-state index in [0.717, 1.165) is 4.57 Å². The van der Waals surface area contributed by atoms with Gasteiger partial charge >= 0.3 is 11.7 Å². The molecule has 1 aliphatic rings. The van der Waals surface area contributed by atoms with Gasteiger partial charge in [0, 0.05) is 6.54 Å². The lowest BCUT2D eigenvalue weighted by Gasteiger charge is -2.39. The molecule has 0 amide bonds. The van der Waals surface area contributed by atoms with Crippen molar-refractivity contribution in [3.05, 3.63) is 32.9 Å². The predicted octanol–water partition coefficient (Wildman–Crippen LogP) is -3.59. The lowest BCUT2D eigenvalue weighted by atomic mass is 9.99. The van der Waals surface area contributed by atoms with E-state index in [-0.39, 0.29) is 6.54 Å². The molecule has 1 aliphatic heterocycles. The summed E-state index contributed by atoms with van der Waals surface area (Å²) in [6, 6.07) is 0. The Morgan fingerprint density at radius 2 is 2.00 bits per heavy atom. The van der Waals surface area contributed by atoms with Crippen LogP contribution in [-0.4, -0.2) is 73.3 Å². The summed E-state index contributed by atoms with van der Waals surface area (Å²) in [7, 11) is 0. The number of nitrogens with zero attached hydrogens (tertiary/aromatic N) is 1. The minimum atomic E-state index is -1.78. The molecule has 5 N–H and O–H groups in total. The van der Waals surface area contributed by atoms with Crippen LogP contribution in [0.15, 0.2) is 15.8 Å². The van der Waals surface area contributed by atoms with Crippen LogP contribution in [0.3, 0.4) is 0 Å². The van der Waals surface area contributed by atoms with Crippen LogP contribution < -0.4 is 11.2 Å². The van der Waals surface area contributed by atoms with Gasteiger partial charge in [-0.05, 0) is 0 Å². The van der Waals surface area contributed by atoms with Crippen LogP contribution in [0.5, 0.6) is 0 Å². The second-order valence-electron chi connectivity index (χ2n) is 5.36. The van der Waals surface area contributed by atoms with E-state index in [1.54, 1.807) is 4.98 Å². The molecule has 1 aromatic heterocycles. The number of aromatic nitrogens is 2. The average molecular weight is 364 g/mol. The van der Waals surface area contributed by atoms with Gasteiger partial charge in [0.25, 0.3) is 5.56 Å². The van der Waals surface area contributed by atoms with Crippen molar-refractivity contribution >= 4 is 5.97 Å². The highest BCUT2D eigenvalue weighted by atomic mass is 19.1. The van der Waals surface area contributed by atoms with E-state index < -0.39 is 66.8 Å². The predicted molar refractivity (Wildman–Crippen MR) is 75.8 cm³/mol. The number of nitrogens with one attached hydrogen (secondary N) is 1. The maximum absolute atomic E-state index is 13.1. The zero-order valence-corrected chi connectivity index (χ0v) is 12.7. The largest absolute Gasteiger partial charge is 0.454 e.